The summed E-state index contributed by atoms with van der Waals surface area (Å²) in [7, 11) is 1.52. The lowest BCUT2D eigenvalue weighted by Gasteiger charge is -2.25. The maximum atomic E-state index is 13.2. The standard InChI is InChI=1S/C26H29F2N5O3/c1-4-33(5-2)23-11-8-18(24(27)28)14-21(23)32-26(35)31-16-17-6-9-19(10-7-17)36-20-12-13-30-22(15-20)25(34)29-3/h6-15,24H,4-5,16H2,1-3H3,(H,29,34)(H2,31,32,35). The van der Waals surface area contributed by atoms with Gasteiger partial charge in [0.05, 0.1) is 11.4 Å². The first kappa shape index (κ1) is 26.4. The van der Waals surface area contributed by atoms with E-state index in [1.165, 1.54) is 31.4 Å². The molecule has 190 valence electrons. The molecule has 0 radical (unpaired) electrons. The number of anilines is 2. The number of aromatic nitrogens is 1. The van der Waals surface area contributed by atoms with Crippen LogP contribution in [-0.4, -0.2) is 37.1 Å². The first-order valence-corrected chi connectivity index (χ1v) is 11.5. The molecule has 36 heavy (non-hydrogen) atoms. The highest BCUT2D eigenvalue weighted by atomic mass is 19.3. The topological polar surface area (TPSA) is 95.6 Å². The van der Waals surface area contributed by atoms with Crippen LogP contribution in [0.4, 0.5) is 25.0 Å². The van der Waals surface area contributed by atoms with E-state index in [-0.39, 0.29) is 23.7 Å². The number of nitrogens with zero attached hydrogens (tertiary/aromatic N) is 2. The molecule has 2 aromatic carbocycles. The first-order valence-electron chi connectivity index (χ1n) is 11.5. The van der Waals surface area contributed by atoms with Crippen molar-refractivity contribution < 1.29 is 23.1 Å². The third-order valence-electron chi connectivity index (χ3n) is 5.43. The molecule has 0 saturated carbocycles. The van der Waals surface area contributed by atoms with Gasteiger partial charge in [0.1, 0.15) is 17.2 Å². The van der Waals surface area contributed by atoms with Gasteiger partial charge in [-0.1, -0.05) is 18.2 Å². The van der Waals surface area contributed by atoms with E-state index < -0.39 is 12.5 Å². The Balaban J connectivity index is 1.62. The molecule has 0 saturated heterocycles. The Morgan fingerprint density at radius 2 is 1.72 bits per heavy atom. The number of nitrogens with one attached hydrogen (secondary N) is 3. The Morgan fingerprint density at radius 1 is 1.00 bits per heavy atom. The summed E-state index contributed by atoms with van der Waals surface area (Å²) in [5, 5.41) is 7.95. The largest absolute Gasteiger partial charge is 0.457 e. The van der Waals surface area contributed by atoms with Gasteiger partial charge in [-0.2, -0.15) is 0 Å². The molecule has 0 atom stereocenters. The van der Waals surface area contributed by atoms with Crippen LogP contribution in [0.5, 0.6) is 11.5 Å². The number of ether oxygens (including phenoxy) is 1. The van der Waals surface area contributed by atoms with Crippen molar-refractivity contribution in [1.82, 2.24) is 15.6 Å². The predicted molar refractivity (Wildman–Crippen MR) is 135 cm³/mol. The maximum Gasteiger partial charge on any atom is 0.319 e. The SMILES string of the molecule is CCN(CC)c1ccc(C(F)F)cc1NC(=O)NCc1ccc(Oc2ccnc(C(=O)NC)c2)cc1. The average Bonchev–Trinajstić information content (AvgIpc) is 2.89. The number of carbonyl (C=O) groups is 2. The lowest BCUT2D eigenvalue weighted by Crippen LogP contribution is -2.30. The minimum atomic E-state index is -2.64. The van der Waals surface area contributed by atoms with Gasteiger partial charge in [0.2, 0.25) is 0 Å². The molecule has 0 aliphatic rings. The first-order chi connectivity index (χ1) is 17.3. The summed E-state index contributed by atoms with van der Waals surface area (Å²) in [4.78, 5) is 30.2. The summed E-state index contributed by atoms with van der Waals surface area (Å²) in [6, 6.07) is 14.0. The van der Waals surface area contributed by atoms with Crippen LogP contribution in [0.1, 0.15) is 41.9 Å². The van der Waals surface area contributed by atoms with Crippen LogP contribution in [0.25, 0.3) is 0 Å². The summed E-state index contributed by atoms with van der Waals surface area (Å²) in [5.74, 6) is 0.694. The second-order valence-corrected chi connectivity index (χ2v) is 7.76. The molecule has 3 amide bonds. The lowest BCUT2D eigenvalue weighted by atomic mass is 10.1. The van der Waals surface area contributed by atoms with Gasteiger partial charge >= 0.3 is 6.03 Å². The zero-order chi connectivity index (χ0) is 26.1. The number of rotatable bonds is 10. The Hall–Kier alpha value is -4.21. The Labute approximate surface area is 208 Å². The molecule has 8 nitrogen and oxygen atoms in total. The molecule has 0 fully saturated rings. The molecule has 3 rings (SSSR count). The van der Waals surface area contributed by atoms with Crippen LogP contribution in [0.3, 0.4) is 0 Å². The quantitative estimate of drug-likeness (QED) is 0.352. The van der Waals surface area contributed by atoms with Crippen molar-refractivity contribution in [2.45, 2.75) is 26.8 Å². The van der Waals surface area contributed by atoms with Gasteiger partial charge in [0, 0.05) is 44.5 Å². The van der Waals surface area contributed by atoms with Gasteiger partial charge in [0.15, 0.2) is 0 Å². The van der Waals surface area contributed by atoms with Crippen molar-refractivity contribution in [1.29, 1.82) is 0 Å². The Kier molecular flexibility index (Phi) is 9.15. The minimum absolute atomic E-state index is 0.159. The zero-order valence-electron chi connectivity index (χ0n) is 20.3. The number of benzene rings is 2. The summed E-state index contributed by atoms with van der Waals surface area (Å²) in [5.41, 5.74) is 1.89. The highest BCUT2D eigenvalue weighted by Gasteiger charge is 2.16. The third kappa shape index (κ3) is 6.91. The van der Waals surface area contributed by atoms with E-state index in [0.29, 0.717) is 36.0 Å². The molecule has 0 unspecified atom stereocenters. The van der Waals surface area contributed by atoms with Gasteiger partial charge in [-0.3, -0.25) is 9.78 Å². The van der Waals surface area contributed by atoms with E-state index in [4.69, 9.17) is 4.74 Å². The van der Waals surface area contributed by atoms with Crippen molar-refractivity contribution in [3.05, 3.63) is 77.6 Å². The summed E-state index contributed by atoms with van der Waals surface area (Å²) in [6.45, 7) is 5.47. The number of urea groups is 1. The molecule has 0 aliphatic heterocycles. The fourth-order valence-corrected chi connectivity index (χ4v) is 3.52. The van der Waals surface area contributed by atoms with E-state index in [1.807, 2.05) is 18.7 Å². The fourth-order valence-electron chi connectivity index (χ4n) is 3.52. The maximum absolute atomic E-state index is 13.2. The number of halogens is 2. The number of pyridine rings is 1. The smallest absolute Gasteiger partial charge is 0.319 e. The Morgan fingerprint density at radius 3 is 2.36 bits per heavy atom. The number of carbonyl (C=O) groups excluding carboxylic acids is 2. The summed E-state index contributed by atoms with van der Waals surface area (Å²) < 4.78 is 32.2. The van der Waals surface area contributed by atoms with E-state index in [1.54, 1.807) is 36.4 Å². The predicted octanol–water partition coefficient (Wildman–Crippen LogP) is 5.34. The van der Waals surface area contributed by atoms with Crippen molar-refractivity contribution in [3.8, 4) is 11.5 Å². The number of hydrogen-bond donors (Lipinski definition) is 3. The van der Waals surface area contributed by atoms with Gasteiger partial charge in [-0.25, -0.2) is 13.6 Å². The Bertz CT molecular complexity index is 1180. The van der Waals surface area contributed by atoms with E-state index in [9.17, 15) is 18.4 Å². The minimum Gasteiger partial charge on any atom is -0.457 e. The van der Waals surface area contributed by atoms with Crippen molar-refractivity contribution in [3.63, 3.8) is 0 Å². The van der Waals surface area contributed by atoms with Crippen LogP contribution in [0, 0.1) is 0 Å². The number of amides is 3. The second kappa shape index (κ2) is 12.5. The van der Waals surface area contributed by atoms with Crippen LogP contribution in [-0.2, 0) is 6.54 Å². The molecule has 1 heterocycles. The van der Waals surface area contributed by atoms with Crippen LogP contribution >= 0.6 is 0 Å². The molecule has 0 aliphatic carbocycles. The normalized spacial score (nSPS) is 10.6. The molecule has 10 heteroatoms. The fraction of sp³-hybridized carbons (Fsp3) is 0.269. The van der Waals surface area contributed by atoms with Gasteiger partial charge in [-0.15, -0.1) is 0 Å². The monoisotopic (exact) mass is 497 g/mol. The molecule has 0 bridgehead atoms. The van der Waals surface area contributed by atoms with Crippen LogP contribution in [0.15, 0.2) is 60.8 Å². The van der Waals surface area contributed by atoms with Gasteiger partial charge in [-0.05, 0) is 49.7 Å². The molecule has 0 spiro atoms. The van der Waals surface area contributed by atoms with E-state index in [2.05, 4.69) is 20.9 Å². The molecule has 1 aromatic heterocycles. The van der Waals surface area contributed by atoms with E-state index in [0.717, 1.165) is 5.56 Å². The van der Waals surface area contributed by atoms with Crippen molar-refractivity contribution in [2.24, 2.45) is 0 Å². The van der Waals surface area contributed by atoms with Gasteiger partial charge < -0.3 is 25.6 Å². The summed E-state index contributed by atoms with van der Waals surface area (Å²) in [6.07, 6.45) is -1.15. The van der Waals surface area contributed by atoms with Gasteiger partial charge in [0.25, 0.3) is 12.3 Å². The second-order valence-electron chi connectivity index (χ2n) is 7.76. The molecular formula is C26H29F2N5O3. The van der Waals surface area contributed by atoms with Crippen molar-refractivity contribution in [2.75, 3.05) is 30.4 Å². The highest BCUT2D eigenvalue weighted by molar-refractivity contribution is 5.93. The number of alkyl halides is 2. The lowest BCUT2D eigenvalue weighted by molar-refractivity contribution is 0.0957. The van der Waals surface area contributed by atoms with Crippen molar-refractivity contribution >= 4 is 23.3 Å². The molecule has 3 N–H and O–H groups in total. The molecule has 3 aromatic rings. The average molecular weight is 498 g/mol. The zero-order valence-corrected chi connectivity index (χ0v) is 20.3. The van der Waals surface area contributed by atoms with Crippen LogP contribution in [0.2, 0.25) is 0 Å². The highest BCUT2D eigenvalue weighted by Crippen LogP contribution is 2.31. The third-order valence-corrected chi connectivity index (χ3v) is 5.43. The van der Waals surface area contributed by atoms with E-state index >= 15 is 0 Å². The number of hydrogen-bond acceptors (Lipinski definition) is 5. The van der Waals surface area contributed by atoms with Crippen LogP contribution < -0.4 is 25.6 Å². The molecular weight excluding hydrogens is 468 g/mol. The summed E-state index contributed by atoms with van der Waals surface area (Å²) >= 11 is 0.